The van der Waals surface area contributed by atoms with Gasteiger partial charge in [-0.25, -0.2) is 9.97 Å². The Balaban J connectivity index is 1.70. The van der Waals surface area contributed by atoms with Gasteiger partial charge in [0.05, 0.1) is 22.9 Å². The molecule has 1 N–H and O–H groups in total. The number of non-ortho nitro benzene ring substituents is 1. The molecule has 0 spiro atoms. The minimum absolute atomic E-state index is 0.124. The van der Waals surface area contributed by atoms with Crippen molar-refractivity contribution in [2.24, 2.45) is 0 Å². The van der Waals surface area contributed by atoms with Crippen LogP contribution in [0.4, 0.5) is 5.69 Å². The van der Waals surface area contributed by atoms with Crippen LogP contribution < -0.4 is 5.32 Å². The predicted octanol–water partition coefficient (Wildman–Crippen LogP) is 2.98. The lowest BCUT2D eigenvalue weighted by atomic mass is 10.1. The van der Waals surface area contributed by atoms with Gasteiger partial charge in [0.2, 0.25) is 0 Å². The van der Waals surface area contributed by atoms with E-state index in [4.69, 9.17) is 0 Å². The van der Waals surface area contributed by atoms with Crippen LogP contribution >= 0.6 is 0 Å². The molecule has 124 valence electrons. The number of hydrogen-bond donors (Lipinski definition) is 1. The molecule has 3 rings (SSSR count). The topological polar surface area (TPSA) is 98.0 Å². The van der Waals surface area contributed by atoms with Gasteiger partial charge in [0.1, 0.15) is 6.33 Å². The fourth-order valence-corrected chi connectivity index (χ4v) is 2.29. The van der Waals surface area contributed by atoms with Crippen LogP contribution in [0.1, 0.15) is 16.1 Å². The molecule has 0 unspecified atom stereocenters. The Hall–Kier alpha value is -3.61. The molecule has 1 amide bonds. The van der Waals surface area contributed by atoms with Crippen LogP contribution in [0.3, 0.4) is 0 Å². The molecule has 3 aromatic rings. The molecule has 2 aromatic carbocycles. The molecule has 0 saturated heterocycles. The summed E-state index contributed by atoms with van der Waals surface area (Å²) in [6.45, 7) is 0.198. The van der Waals surface area contributed by atoms with Crippen molar-refractivity contribution >= 4 is 11.6 Å². The third-order valence-corrected chi connectivity index (χ3v) is 3.54. The van der Waals surface area contributed by atoms with Gasteiger partial charge in [-0.05, 0) is 12.1 Å². The van der Waals surface area contributed by atoms with Crippen LogP contribution in [0.5, 0.6) is 0 Å². The first-order chi connectivity index (χ1) is 12.1. The van der Waals surface area contributed by atoms with Crippen molar-refractivity contribution in [3.05, 3.63) is 88.4 Å². The fourth-order valence-electron chi connectivity index (χ4n) is 2.29. The van der Waals surface area contributed by atoms with Gasteiger partial charge in [0.25, 0.3) is 11.6 Å². The van der Waals surface area contributed by atoms with Crippen LogP contribution in [0.25, 0.3) is 11.3 Å². The van der Waals surface area contributed by atoms with Crippen molar-refractivity contribution in [3.63, 3.8) is 0 Å². The summed E-state index contributed by atoms with van der Waals surface area (Å²) >= 11 is 0. The minimum atomic E-state index is -0.534. The van der Waals surface area contributed by atoms with Crippen LogP contribution in [0, 0.1) is 10.1 Å². The summed E-state index contributed by atoms with van der Waals surface area (Å²) in [7, 11) is 0. The number of rotatable bonds is 5. The smallest absolute Gasteiger partial charge is 0.270 e. The maximum atomic E-state index is 12.2. The fraction of sp³-hybridized carbons (Fsp3) is 0.0556. The number of nitro benzene ring substituents is 1. The first kappa shape index (κ1) is 16.3. The molecular weight excluding hydrogens is 320 g/mol. The van der Waals surface area contributed by atoms with Crippen molar-refractivity contribution in [1.82, 2.24) is 15.3 Å². The number of carbonyl (C=O) groups is 1. The highest BCUT2D eigenvalue weighted by molar-refractivity contribution is 5.94. The number of carbonyl (C=O) groups excluding carboxylic acids is 1. The van der Waals surface area contributed by atoms with Gasteiger partial charge >= 0.3 is 0 Å². The highest BCUT2D eigenvalue weighted by Gasteiger charge is 2.11. The van der Waals surface area contributed by atoms with Crippen LogP contribution in [0.15, 0.2) is 67.0 Å². The molecule has 1 aromatic heterocycles. The molecule has 0 aliphatic carbocycles. The van der Waals surface area contributed by atoms with Gasteiger partial charge in [-0.2, -0.15) is 0 Å². The Morgan fingerprint density at radius 3 is 2.60 bits per heavy atom. The zero-order valence-corrected chi connectivity index (χ0v) is 13.1. The minimum Gasteiger partial charge on any atom is -0.346 e. The summed E-state index contributed by atoms with van der Waals surface area (Å²) in [6, 6.07) is 17.0. The molecule has 0 aliphatic rings. The predicted molar refractivity (Wildman–Crippen MR) is 91.7 cm³/mol. The Morgan fingerprint density at radius 2 is 1.84 bits per heavy atom. The molecule has 0 fully saturated rings. The summed E-state index contributed by atoms with van der Waals surface area (Å²) < 4.78 is 0. The lowest BCUT2D eigenvalue weighted by Crippen LogP contribution is -2.23. The van der Waals surface area contributed by atoms with Gasteiger partial charge in [0, 0.05) is 23.3 Å². The number of benzene rings is 2. The molecule has 0 saturated carbocycles. The molecule has 0 atom stereocenters. The van der Waals surface area contributed by atoms with Gasteiger partial charge in [-0.3, -0.25) is 14.9 Å². The van der Waals surface area contributed by atoms with E-state index in [-0.39, 0.29) is 17.8 Å². The summed E-state index contributed by atoms with van der Waals surface area (Å²) in [6.07, 6.45) is 1.44. The highest BCUT2D eigenvalue weighted by Crippen LogP contribution is 2.16. The van der Waals surface area contributed by atoms with E-state index in [1.807, 2.05) is 30.3 Å². The van der Waals surface area contributed by atoms with Gasteiger partial charge in [0.15, 0.2) is 0 Å². The number of nitro groups is 1. The standard InChI is InChI=1S/C18H14N4O3/c23-18(14-7-4-8-16(9-14)22(24)25)19-11-15-10-17(21-12-20-15)13-5-2-1-3-6-13/h1-10,12H,11H2,(H,19,23). The second-order valence-electron chi connectivity index (χ2n) is 5.25. The lowest BCUT2D eigenvalue weighted by Gasteiger charge is -2.06. The number of nitrogens with one attached hydrogen (secondary N) is 1. The average molecular weight is 334 g/mol. The largest absolute Gasteiger partial charge is 0.346 e. The third kappa shape index (κ3) is 4.03. The molecular formula is C18H14N4O3. The monoisotopic (exact) mass is 334 g/mol. The second-order valence-corrected chi connectivity index (χ2v) is 5.25. The van der Waals surface area contributed by atoms with Crippen molar-refractivity contribution in [2.45, 2.75) is 6.54 Å². The molecule has 0 radical (unpaired) electrons. The SMILES string of the molecule is O=C(NCc1cc(-c2ccccc2)ncn1)c1cccc([N+](=O)[O-])c1. The number of amides is 1. The first-order valence-corrected chi connectivity index (χ1v) is 7.52. The first-order valence-electron chi connectivity index (χ1n) is 7.52. The lowest BCUT2D eigenvalue weighted by molar-refractivity contribution is -0.384. The van der Waals surface area contributed by atoms with Crippen molar-refractivity contribution in [3.8, 4) is 11.3 Å². The van der Waals surface area contributed by atoms with Gasteiger partial charge in [-0.15, -0.1) is 0 Å². The van der Waals surface area contributed by atoms with E-state index in [0.717, 1.165) is 11.3 Å². The molecule has 0 aliphatic heterocycles. The zero-order chi connectivity index (χ0) is 17.6. The van der Waals surface area contributed by atoms with Crippen molar-refractivity contribution < 1.29 is 9.72 Å². The van der Waals surface area contributed by atoms with Gasteiger partial charge < -0.3 is 5.32 Å². The summed E-state index contributed by atoms with van der Waals surface area (Å²) in [5, 5.41) is 13.5. The van der Waals surface area contributed by atoms with E-state index >= 15 is 0 Å². The Kier molecular flexibility index (Phi) is 4.75. The third-order valence-electron chi connectivity index (χ3n) is 3.54. The quantitative estimate of drug-likeness (QED) is 0.571. The summed E-state index contributed by atoms with van der Waals surface area (Å²) in [5.41, 5.74) is 2.46. The second kappa shape index (κ2) is 7.31. The molecule has 7 nitrogen and oxygen atoms in total. The molecule has 1 heterocycles. The number of hydrogen-bond acceptors (Lipinski definition) is 5. The molecule has 25 heavy (non-hydrogen) atoms. The Labute approximate surface area is 143 Å². The van der Waals surface area contributed by atoms with E-state index in [1.54, 1.807) is 6.07 Å². The normalized spacial score (nSPS) is 10.2. The van der Waals surface area contributed by atoms with Crippen LogP contribution in [-0.4, -0.2) is 20.8 Å². The van der Waals surface area contributed by atoms with E-state index < -0.39 is 10.8 Å². The maximum absolute atomic E-state index is 12.2. The van der Waals surface area contributed by atoms with E-state index in [0.29, 0.717) is 5.69 Å². The number of aromatic nitrogens is 2. The summed E-state index contributed by atoms with van der Waals surface area (Å²) in [4.78, 5) is 30.8. The van der Waals surface area contributed by atoms with Gasteiger partial charge in [-0.1, -0.05) is 36.4 Å². The number of nitrogens with zero attached hydrogens (tertiary/aromatic N) is 3. The zero-order valence-electron chi connectivity index (χ0n) is 13.1. The Morgan fingerprint density at radius 1 is 1.04 bits per heavy atom. The molecule has 7 heteroatoms. The van der Waals surface area contributed by atoms with Crippen molar-refractivity contribution in [1.29, 1.82) is 0 Å². The van der Waals surface area contributed by atoms with Crippen LogP contribution in [-0.2, 0) is 6.54 Å². The maximum Gasteiger partial charge on any atom is 0.270 e. The molecule has 0 bridgehead atoms. The van der Waals surface area contributed by atoms with Crippen LogP contribution in [0.2, 0.25) is 0 Å². The van der Waals surface area contributed by atoms with Crippen molar-refractivity contribution in [2.75, 3.05) is 0 Å². The Bertz CT molecular complexity index is 913. The van der Waals surface area contributed by atoms with E-state index in [2.05, 4.69) is 15.3 Å². The summed E-state index contributed by atoms with van der Waals surface area (Å²) in [5.74, 6) is -0.399. The highest BCUT2D eigenvalue weighted by atomic mass is 16.6. The van der Waals surface area contributed by atoms with E-state index in [1.165, 1.54) is 30.6 Å². The van der Waals surface area contributed by atoms with E-state index in [9.17, 15) is 14.9 Å². The average Bonchev–Trinajstić information content (AvgIpc) is 2.67.